The first-order valence-corrected chi connectivity index (χ1v) is 5.78. The van der Waals surface area contributed by atoms with Gasteiger partial charge in [0.15, 0.2) is 11.6 Å². The number of nitrogens with one attached hydrogen (secondary N) is 2. The van der Waals surface area contributed by atoms with Crippen molar-refractivity contribution >= 4 is 27.3 Å². The molecule has 1 aliphatic rings. The third-order valence-electron chi connectivity index (χ3n) is 2.65. The first kappa shape index (κ1) is 12.5. The molecule has 0 aliphatic carbocycles. The molecule has 0 atom stereocenters. The van der Waals surface area contributed by atoms with Gasteiger partial charge in [-0.05, 0) is 35.8 Å². The van der Waals surface area contributed by atoms with Crippen LogP contribution in [-0.2, 0) is 0 Å². The Morgan fingerprint density at radius 3 is 2.65 bits per heavy atom. The number of aliphatic hydroxyl groups excluding tert-OH is 1. The lowest BCUT2D eigenvalue weighted by Crippen LogP contribution is -2.53. The highest BCUT2D eigenvalue weighted by molar-refractivity contribution is 9.10. The molecule has 1 aromatic rings. The van der Waals surface area contributed by atoms with Crippen molar-refractivity contribution in [3.05, 3.63) is 22.2 Å². The summed E-state index contributed by atoms with van der Waals surface area (Å²) in [5.74, 6) is -1.92. The van der Waals surface area contributed by atoms with E-state index >= 15 is 0 Å². The predicted octanol–water partition coefficient (Wildman–Crippen LogP) is 2.15. The Morgan fingerprint density at radius 1 is 1.41 bits per heavy atom. The maximum atomic E-state index is 13.9. The number of anilines is 2. The molecule has 1 aromatic carbocycles. The standard InChI is InChI=1S/C10H12BrF2N3O/c1-10(2,4-17)16-9-6(14-15-16)3-5(11)7(12)8(9)13/h3,14-15,17H,4H2,1-2H3. The number of benzene rings is 1. The zero-order chi connectivity index (χ0) is 12.8. The van der Waals surface area contributed by atoms with Crippen LogP contribution in [0.4, 0.5) is 20.2 Å². The van der Waals surface area contributed by atoms with Gasteiger partial charge in [-0.25, -0.2) is 8.78 Å². The van der Waals surface area contributed by atoms with E-state index in [1.165, 1.54) is 11.1 Å². The van der Waals surface area contributed by atoms with Crippen LogP contribution in [0.1, 0.15) is 13.8 Å². The Labute approximate surface area is 106 Å². The number of halogens is 3. The summed E-state index contributed by atoms with van der Waals surface area (Å²) in [6.07, 6.45) is 0. The fourth-order valence-corrected chi connectivity index (χ4v) is 2.00. The van der Waals surface area contributed by atoms with E-state index in [2.05, 4.69) is 26.9 Å². The van der Waals surface area contributed by atoms with Gasteiger partial charge < -0.3 is 10.5 Å². The monoisotopic (exact) mass is 307 g/mol. The van der Waals surface area contributed by atoms with Crippen molar-refractivity contribution in [2.45, 2.75) is 19.4 Å². The SMILES string of the molecule is CC(C)(CO)N1NNc2cc(Br)c(F)c(F)c21. The second-order valence-corrected chi connectivity index (χ2v) is 5.28. The van der Waals surface area contributed by atoms with Crippen molar-refractivity contribution in [3.63, 3.8) is 0 Å². The molecule has 0 saturated carbocycles. The van der Waals surface area contributed by atoms with Crippen molar-refractivity contribution in [1.82, 2.24) is 5.53 Å². The van der Waals surface area contributed by atoms with Gasteiger partial charge in [-0.2, -0.15) is 0 Å². The van der Waals surface area contributed by atoms with Crippen molar-refractivity contribution in [2.24, 2.45) is 0 Å². The lowest BCUT2D eigenvalue weighted by Gasteiger charge is -2.34. The summed E-state index contributed by atoms with van der Waals surface area (Å²) in [4.78, 5) is 0. The molecule has 0 aromatic heterocycles. The summed E-state index contributed by atoms with van der Waals surface area (Å²) >= 11 is 2.94. The Morgan fingerprint density at radius 2 is 2.06 bits per heavy atom. The topological polar surface area (TPSA) is 47.5 Å². The second-order valence-electron chi connectivity index (χ2n) is 4.43. The number of hydrogen-bond donors (Lipinski definition) is 3. The number of hydrazine groups is 2. The highest BCUT2D eigenvalue weighted by Gasteiger charge is 2.36. The molecule has 0 unspecified atom stereocenters. The highest BCUT2D eigenvalue weighted by atomic mass is 79.9. The Hall–Kier alpha value is -0.920. The van der Waals surface area contributed by atoms with Crippen molar-refractivity contribution in [3.8, 4) is 0 Å². The number of rotatable bonds is 2. The number of hydrogen-bond acceptors (Lipinski definition) is 4. The molecule has 0 bridgehead atoms. The highest BCUT2D eigenvalue weighted by Crippen LogP contribution is 2.39. The maximum Gasteiger partial charge on any atom is 0.186 e. The average Bonchev–Trinajstić information content (AvgIpc) is 2.70. The van der Waals surface area contributed by atoms with Gasteiger partial charge in [0.2, 0.25) is 0 Å². The molecule has 3 N–H and O–H groups in total. The van der Waals surface area contributed by atoms with Crippen LogP contribution in [-0.4, -0.2) is 17.3 Å². The summed E-state index contributed by atoms with van der Waals surface area (Å²) in [6.45, 7) is 3.20. The van der Waals surface area contributed by atoms with E-state index in [1.807, 2.05) is 0 Å². The van der Waals surface area contributed by atoms with E-state index in [1.54, 1.807) is 13.8 Å². The molecule has 94 valence electrons. The molecule has 17 heavy (non-hydrogen) atoms. The van der Waals surface area contributed by atoms with Gasteiger partial charge in [-0.1, -0.05) is 0 Å². The van der Waals surface area contributed by atoms with Crippen LogP contribution in [0.3, 0.4) is 0 Å². The first-order chi connectivity index (χ1) is 7.88. The van der Waals surface area contributed by atoms with E-state index in [4.69, 9.17) is 0 Å². The van der Waals surface area contributed by atoms with E-state index < -0.39 is 17.2 Å². The lowest BCUT2D eigenvalue weighted by molar-refractivity contribution is 0.205. The Bertz CT molecular complexity index is 467. The molecule has 1 aliphatic heterocycles. The zero-order valence-corrected chi connectivity index (χ0v) is 10.9. The smallest absolute Gasteiger partial charge is 0.186 e. The molecule has 0 amide bonds. The summed E-state index contributed by atoms with van der Waals surface area (Å²) < 4.78 is 27.4. The Balaban J connectivity index is 2.55. The van der Waals surface area contributed by atoms with Crippen LogP contribution < -0.4 is 16.0 Å². The molecule has 0 radical (unpaired) electrons. The molecule has 7 heteroatoms. The molecule has 0 spiro atoms. The van der Waals surface area contributed by atoms with Gasteiger partial charge in [0, 0.05) is 0 Å². The first-order valence-electron chi connectivity index (χ1n) is 4.98. The molecular weight excluding hydrogens is 296 g/mol. The molecule has 0 fully saturated rings. The summed E-state index contributed by atoms with van der Waals surface area (Å²) in [6, 6.07) is 1.44. The zero-order valence-electron chi connectivity index (χ0n) is 9.31. The van der Waals surface area contributed by atoms with Crippen molar-refractivity contribution < 1.29 is 13.9 Å². The Kier molecular flexibility index (Phi) is 3.01. The maximum absolute atomic E-state index is 13.9. The molecule has 2 rings (SSSR count). The molecule has 4 nitrogen and oxygen atoms in total. The number of nitrogens with zero attached hydrogens (tertiary/aromatic N) is 1. The van der Waals surface area contributed by atoms with Crippen LogP contribution in [0.2, 0.25) is 0 Å². The van der Waals surface area contributed by atoms with Crippen LogP contribution >= 0.6 is 15.9 Å². The van der Waals surface area contributed by atoms with Crippen LogP contribution in [0.5, 0.6) is 0 Å². The third-order valence-corrected chi connectivity index (χ3v) is 3.23. The van der Waals surface area contributed by atoms with Crippen LogP contribution in [0.25, 0.3) is 0 Å². The lowest BCUT2D eigenvalue weighted by atomic mass is 10.1. The fraction of sp³-hybridized carbons (Fsp3) is 0.400. The normalized spacial score (nSPS) is 14.8. The number of fused-ring (bicyclic) bond motifs is 1. The van der Waals surface area contributed by atoms with Gasteiger partial charge in [0.1, 0.15) is 5.69 Å². The van der Waals surface area contributed by atoms with Gasteiger partial charge in [0.25, 0.3) is 0 Å². The minimum Gasteiger partial charge on any atom is -0.394 e. The molecule has 0 saturated heterocycles. The van der Waals surface area contributed by atoms with E-state index in [0.717, 1.165) is 0 Å². The van der Waals surface area contributed by atoms with Gasteiger partial charge in [-0.3, -0.25) is 5.01 Å². The number of aliphatic hydroxyl groups is 1. The summed E-state index contributed by atoms with van der Waals surface area (Å²) in [7, 11) is 0. The van der Waals surface area contributed by atoms with Gasteiger partial charge in [0.05, 0.1) is 22.3 Å². The van der Waals surface area contributed by atoms with Crippen LogP contribution in [0.15, 0.2) is 10.5 Å². The summed E-state index contributed by atoms with van der Waals surface area (Å²) in [5.41, 5.74) is 5.14. The van der Waals surface area contributed by atoms with E-state index in [-0.39, 0.29) is 16.8 Å². The predicted molar refractivity (Wildman–Crippen MR) is 64.5 cm³/mol. The summed E-state index contributed by atoms with van der Waals surface area (Å²) in [5, 5.41) is 10.6. The quantitative estimate of drug-likeness (QED) is 0.733. The minimum atomic E-state index is -0.964. The average molecular weight is 308 g/mol. The molecule has 1 heterocycles. The third kappa shape index (κ3) is 1.88. The van der Waals surface area contributed by atoms with Crippen LogP contribution in [0, 0.1) is 11.6 Å². The minimum absolute atomic E-state index is 0.0479. The van der Waals surface area contributed by atoms with Crippen molar-refractivity contribution in [2.75, 3.05) is 17.0 Å². The largest absolute Gasteiger partial charge is 0.394 e. The van der Waals surface area contributed by atoms with E-state index in [0.29, 0.717) is 5.69 Å². The van der Waals surface area contributed by atoms with Gasteiger partial charge >= 0.3 is 0 Å². The van der Waals surface area contributed by atoms with E-state index in [9.17, 15) is 13.9 Å². The molecular formula is C10H12BrF2N3O. The fourth-order valence-electron chi connectivity index (χ4n) is 1.60. The van der Waals surface area contributed by atoms with Crippen molar-refractivity contribution in [1.29, 1.82) is 0 Å². The van der Waals surface area contributed by atoms with Gasteiger partial charge in [-0.15, -0.1) is 5.53 Å². The second kappa shape index (κ2) is 4.08.